The van der Waals surface area contributed by atoms with Crippen LogP contribution in [0, 0.1) is 11.8 Å². The summed E-state index contributed by atoms with van der Waals surface area (Å²) in [5.74, 6) is -2.08. The van der Waals surface area contributed by atoms with E-state index in [1.807, 2.05) is 6.92 Å². The second-order valence-corrected chi connectivity index (χ2v) is 7.33. The molecule has 4 N–H and O–H groups in total. The van der Waals surface area contributed by atoms with E-state index in [9.17, 15) is 19.8 Å². The van der Waals surface area contributed by atoms with Gasteiger partial charge in [-0.15, -0.1) is 11.8 Å². The van der Waals surface area contributed by atoms with E-state index in [-0.39, 0.29) is 28.8 Å². The van der Waals surface area contributed by atoms with Crippen LogP contribution < -0.4 is 5.73 Å². The predicted molar refractivity (Wildman–Crippen MR) is 79.6 cm³/mol. The number of carboxylic acids is 1. The van der Waals surface area contributed by atoms with Crippen LogP contribution in [0.1, 0.15) is 20.3 Å². The number of hydrogen-bond donors (Lipinski definition) is 3. The molecule has 0 spiro atoms. The SMILES string of the molecule is C[C@@H](O)[C@H]1C(=O)N2C(C(=O)O)=C(S[C@@H]3CCO[C@H]3N)[C@H](C)[C@H]12. The molecule has 0 radical (unpaired) electrons. The average molecular weight is 328 g/mol. The predicted octanol–water partition coefficient (Wildman–Crippen LogP) is -0.0530. The Morgan fingerprint density at radius 1 is 1.55 bits per heavy atom. The molecule has 0 aromatic carbocycles. The fraction of sp³-hybridized carbons (Fsp3) is 0.714. The molecule has 3 aliphatic rings. The molecule has 0 saturated carbocycles. The first-order chi connectivity index (χ1) is 10.3. The highest BCUT2D eigenvalue weighted by Gasteiger charge is 2.60. The molecule has 8 heteroatoms. The molecule has 6 atom stereocenters. The van der Waals surface area contributed by atoms with Crippen molar-refractivity contribution in [3.63, 3.8) is 0 Å². The molecule has 2 fully saturated rings. The van der Waals surface area contributed by atoms with Gasteiger partial charge in [-0.05, 0) is 13.3 Å². The second kappa shape index (κ2) is 5.52. The van der Waals surface area contributed by atoms with Crippen molar-refractivity contribution in [2.45, 2.75) is 43.9 Å². The summed E-state index contributed by atoms with van der Waals surface area (Å²) >= 11 is 1.40. The first-order valence-corrected chi connectivity index (χ1v) is 8.25. The van der Waals surface area contributed by atoms with Crippen LogP contribution in [0.2, 0.25) is 0 Å². The van der Waals surface area contributed by atoms with Crippen molar-refractivity contribution < 1.29 is 24.5 Å². The van der Waals surface area contributed by atoms with E-state index in [1.165, 1.54) is 16.7 Å². The van der Waals surface area contributed by atoms with Crippen molar-refractivity contribution in [2.24, 2.45) is 17.6 Å². The summed E-state index contributed by atoms with van der Waals surface area (Å²) in [5, 5.41) is 19.3. The summed E-state index contributed by atoms with van der Waals surface area (Å²) in [6.07, 6.45) is -0.447. The number of β-lactam (4-membered cyclic amide) rings is 1. The normalized spacial score (nSPS) is 39.0. The highest BCUT2D eigenvalue weighted by molar-refractivity contribution is 8.03. The lowest BCUT2D eigenvalue weighted by molar-refractivity contribution is -0.163. The van der Waals surface area contributed by atoms with Crippen molar-refractivity contribution in [1.82, 2.24) is 4.90 Å². The fourth-order valence-corrected chi connectivity index (χ4v) is 4.96. The van der Waals surface area contributed by atoms with Gasteiger partial charge in [-0.1, -0.05) is 6.92 Å². The molecule has 3 aliphatic heterocycles. The van der Waals surface area contributed by atoms with Gasteiger partial charge in [0.25, 0.3) is 0 Å². The molecule has 0 aromatic heterocycles. The summed E-state index contributed by atoms with van der Waals surface area (Å²) in [6.45, 7) is 4.03. The fourth-order valence-electron chi connectivity index (χ4n) is 3.56. The Kier molecular flexibility index (Phi) is 3.96. The molecule has 2 saturated heterocycles. The number of rotatable bonds is 4. The molecule has 7 nitrogen and oxygen atoms in total. The molecule has 0 aromatic rings. The van der Waals surface area contributed by atoms with Gasteiger partial charge in [-0.2, -0.15) is 0 Å². The lowest BCUT2D eigenvalue weighted by atomic mass is 9.79. The number of fused-ring (bicyclic) bond motifs is 1. The number of aliphatic carboxylic acids is 1. The third-order valence-corrected chi connectivity index (χ3v) is 6.29. The van der Waals surface area contributed by atoms with Crippen molar-refractivity contribution in [3.8, 4) is 0 Å². The van der Waals surface area contributed by atoms with Gasteiger partial charge in [0.05, 0.1) is 23.3 Å². The van der Waals surface area contributed by atoms with Crippen LogP contribution in [0.25, 0.3) is 0 Å². The van der Waals surface area contributed by atoms with Crippen LogP contribution in [0.15, 0.2) is 10.6 Å². The van der Waals surface area contributed by atoms with E-state index in [0.717, 1.165) is 6.42 Å². The van der Waals surface area contributed by atoms with Gasteiger partial charge in [0.1, 0.15) is 11.9 Å². The van der Waals surface area contributed by atoms with Gasteiger partial charge >= 0.3 is 5.97 Å². The quantitative estimate of drug-likeness (QED) is 0.620. The maximum atomic E-state index is 12.2. The number of carbonyl (C=O) groups excluding carboxylic acids is 1. The number of amides is 1. The number of nitrogens with zero attached hydrogens (tertiary/aromatic N) is 1. The van der Waals surface area contributed by atoms with E-state index < -0.39 is 24.2 Å². The summed E-state index contributed by atoms with van der Waals surface area (Å²) in [7, 11) is 0. The van der Waals surface area contributed by atoms with E-state index in [2.05, 4.69) is 0 Å². The third-order valence-electron chi connectivity index (χ3n) is 4.67. The van der Waals surface area contributed by atoms with E-state index in [0.29, 0.717) is 11.5 Å². The Balaban J connectivity index is 1.90. The minimum absolute atomic E-state index is 0.00870. The van der Waals surface area contributed by atoms with Crippen molar-refractivity contribution in [2.75, 3.05) is 6.61 Å². The van der Waals surface area contributed by atoms with Gasteiger partial charge < -0.3 is 25.6 Å². The maximum absolute atomic E-state index is 12.2. The standard InChI is InChI=1S/C14H20N2O5S/c1-5-9-8(6(2)17)13(18)16(9)10(14(19)20)11(5)22-7-3-4-21-12(7)15/h5-9,12,17H,3-4,15H2,1-2H3,(H,19,20)/t5-,6-,7-,8-,9-,12-/m1/s1. The van der Waals surface area contributed by atoms with Crippen LogP contribution in [0.3, 0.4) is 0 Å². The van der Waals surface area contributed by atoms with E-state index in [1.54, 1.807) is 6.92 Å². The smallest absolute Gasteiger partial charge is 0.353 e. The van der Waals surface area contributed by atoms with Crippen LogP contribution >= 0.6 is 11.8 Å². The van der Waals surface area contributed by atoms with E-state index in [4.69, 9.17) is 10.5 Å². The molecule has 1 amide bonds. The first kappa shape index (κ1) is 15.8. The Morgan fingerprint density at radius 3 is 2.73 bits per heavy atom. The lowest BCUT2D eigenvalue weighted by Gasteiger charge is -2.46. The van der Waals surface area contributed by atoms with Crippen LogP contribution in [-0.4, -0.2) is 57.2 Å². The van der Waals surface area contributed by atoms with Crippen molar-refractivity contribution >= 4 is 23.6 Å². The molecule has 22 heavy (non-hydrogen) atoms. The van der Waals surface area contributed by atoms with Crippen LogP contribution in [0.4, 0.5) is 0 Å². The van der Waals surface area contributed by atoms with Crippen molar-refractivity contribution in [3.05, 3.63) is 10.6 Å². The molecule has 0 bridgehead atoms. The average Bonchev–Trinajstić information content (AvgIpc) is 2.92. The van der Waals surface area contributed by atoms with Crippen LogP contribution in [-0.2, 0) is 14.3 Å². The number of carbonyl (C=O) groups is 2. The highest BCUT2D eigenvalue weighted by Crippen LogP contribution is 2.52. The zero-order valence-corrected chi connectivity index (χ0v) is 13.2. The Hall–Kier alpha value is -1.09. The largest absolute Gasteiger partial charge is 0.477 e. The first-order valence-electron chi connectivity index (χ1n) is 7.37. The summed E-state index contributed by atoms with van der Waals surface area (Å²) in [5.41, 5.74) is 5.92. The molecule has 3 rings (SSSR count). The highest BCUT2D eigenvalue weighted by atomic mass is 32.2. The topological polar surface area (TPSA) is 113 Å². The zero-order chi connectivity index (χ0) is 16.2. The van der Waals surface area contributed by atoms with Crippen LogP contribution in [0.5, 0.6) is 0 Å². The number of carboxylic acid groups (broad SMARTS) is 1. The minimum atomic E-state index is -1.11. The molecular formula is C14H20N2O5S. The van der Waals surface area contributed by atoms with Gasteiger partial charge in [0.15, 0.2) is 0 Å². The Bertz CT molecular complexity index is 549. The Morgan fingerprint density at radius 2 is 2.23 bits per heavy atom. The molecule has 0 unspecified atom stereocenters. The van der Waals surface area contributed by atoms with E-state index >= 15 is 0 Å². The number of ether oxygens (including phenoxy) is 1. The second-order valence-electron chi connectivity index (χ2n) is 6.05. The monoisotopic (exact) mass is 328 g/mol. The zero-order valence-electron chi connectivity index (χ0n) is 12.4. The van der Waals surface area contributed by atoms with Crippen molar-refractivity contribution in [1.29, 1.82) is 0 Å². The van der Waals surface area contributed by atoms with Gasteiger partial charge in [-0.3, -0.25) is 4.79 Å². The number of hydrogen-bond acceptors (Lipinski definition) is 6. The molecule has 0 aliphatic carbocycles. The number of thioether (sulfide) groups is 1. The minimum Gasteiger partial charge on any atom is -0.477 e. The lowest BCUT2D eigenvalue weighted by Crippen LogP contribution is -2.63. The molecule has 3 heterocycles. The summed E-state index contributed by atoms with van der Waals surface area (Å²) in [6, 6.07) is -0.278. The number of nitrogens with two attached hydrogens (primary N) is 1. The Labute approximate surface area is 132 Å². The third kappa shape index (κ3) is 2.17. The van der Waals surface area contributed by atoms with Gasteiger partial charge in [0, 0.05) is 17.4 Å². The van der Waals surface area contributed by atoms with Gasteiger partial charge in [-0.25, -0.2) is 4.79 Å². The number of aliphatic hydroxyl groups is 1. The molecular weight excluding hydrogens is 308 g/mol. The maximum Gasteiger partial charge on any atom is 0.353 e. The number of aliphatic hydroxyl groups excluding tert-OH is 1. The summed E-state index contributed by atoms with van der Waals surface area (Å²) in [4.78, 5) is 25.8. The van der Waals surface area contributed by atoms with Gasteiger partial charge in [0.2, 0.25) is 5.91 Å². The molecule has 122 valence electrons. The summed E-state index contributed by atoms with van der Waals surface area (Å²) < 4.78 is 5.32.